The molecule has 7 nitrogen and oxygen atoms in total. The molecule has 224 valence electrons. The highest BCUT2D eigenvalue weighted by molar-refractivity contribution is 5.85. The average molecular weight is 576 g/mol. The number of nitrogens with zero attached hydrogens (tertiary/aromatic N) is 3. The van der Waals surface area contributed by atoms with E-state index >= 15 is 0 Å². The monoisotopic (exact) mass is 575 g/mol. The number of pyridine rings is 2. The molecule has 0 fully saturated rings. The molecule has 0 aliphatic carbocycles. The summed E-state index contributed by atoms with van der Waals surface area (Å²) in [6.07, 6.45) is 6.87. The van der Waals surface area contributed by atoms with Crippen molar-refractivity contribution in [3.8, 4) is 0 Å². The van der Waals surface area contributed by atoms with Crippen molar-refractivity contribution >= 4 is 10.9 Å². The number of aryl methyl sites for hydroxylation is 1. The number of fused-ring (bicyclic) bond motifs is 1. The van der Waals surface area contributed by atoms with Crippen molar-refractivity contribution in [3.63, 3.8) is 0 Å². The first-order valence-corrected chi connectivity index (χ1v) is 15.5. The van der Waals surface area contributed by atoms with Crippen LogP contribution in [0.5, 0.6) is 0 Å². The second-order valence-electron chi connectivity index (χ2n) is 11.3. The van der Waals surface area contributed by atoms with Crippen LogP contribution in [-0.4, -0.2) is 52.6 Å². The van der Waals surface area contributed by atoms with Crippen LogP contribution >= 0.6 is 0 Å². The Hall–Kier alpha value is -3.88. The Balaban J connectivity index is 1.09. The van der Waals surface area contributed by atoms with E-state index in [9.17, 15) is 0 Å². The molecule has 0 spiro atoms. The summed E-state index contributed by atoms with van der Waals surface area (Å²) >= 11 is 0. The zero-order valence-electron chi connectivity index (χ0n) is 25.5. The standard InChI is InChI=1S/C36H45N7/c1-28-8-7-10-34-32(25-42-36(28)34)16-19-37-24-30-12-14-31(15-13-30)27-43(22-20-38-26-33-9-3-5-17-40-33)23-21-39-29(2)35-11-4-6-18-41-35/h3-15,17-18,25,29,37-39,42H,16,19-24,26-27H2,1-2H3. The molecule has 3 aromatic heterocycles. The zero-order valence-corrected chi connectivity index (χ0v) is 25.5. The van der Waals surface area contributed by atoms with E-state index in [4.69, 9.17) is 0 Å². The number of rotatable bonds is 17. The molecule has 5 rings (SSSR count). The minimum Gasteiger partial charge on any atom is -0.361 e. The third-order valence-electron chi connectivity index (χ3n) is 7.99. The summed E-state index contributed by atoms with van der Waals surface area (Å²) < 4.78 is 0. The van der Waals surface area contributed by atoms with Crippen LogP contribution in [0.4, 0.5) is 0 Å². The first kappa shape index (κ1) is 30.6. The molecule has 43 heavy (non-hydrogen) atoms. The maximum absolute atomic E-state index is 4.50. The summed E-state index contributed by atoms with van der Waals surface area (Å²) in [6, 6.07) is 27.9. The van der Waals surface area contributed by atoms with Crippen LogP contribution < -0.4 is 16.0 Å². The van der Waals surface area contributed by atoms with Gasteiger partial charge in [0.15, 0.2) is 0 Å². The molecule has 0 radical (unpaired) electrons. The van der Waals surface area contributed by atoms with Crippen LogP contribution in [0.25, 0.3) is 10.9 Å². The summed E-state index contributed by atoms with van der Waals surface area (Å²) in [5.74, 6) is 0. The summed E-state index contributed by atoms with van der Waals surface area (Å²) in [5.41, 5.74) is 8.72. The molecule has 7 heteroatoms. The van der Waals surface area contributed by atoms with Crippen molar-refractivity contribution in [1.82, 2.24) is 35.8 Å². The molecule has 0 aliphatic rings. The van der Waals surface area contributed by atoms with Crippen molar-refractivity contribution in [3.05, 3.63) is 131 Å². The van der Waals surface area contributed by atoms with E-state index in [1.165, 1.54) is 33.2 Å². The Morgan fingerprint density at radius 3 is 2.33 bits per heavy atom. The minimum absolute atomic E-state index is 0.220. The number of H-pyrrole nitrogens is 1. The molecule has 0 saturated heterocycles. The molecule has 0 amide bonds. The van der Waals surface area contributed by atoms with E-state index in [0.29, 0.717) is 0 Å². The van der Waals surface area contributed by atoms with Crippen molar-refractivity contribution in [2.45, 2.75) is 45.9 Å². The fraction of sp³-hybridized carbons (Fsp3) is 0.333. The predicted octanol–water partition coefficient (Wildman–Crippen LogP) is 5.54. The SMILES string of the molecule is Cc1cccc2c(CCNCc3ccc(CN(CCNCc4ccccn4)CCNC(C)c4ccccn4)cc3)c[nH]c12. The van der Waals surface area contributed by atoms with Crippen LogP contribution in [-0.2, 0) is 26.1 Å². The van der Waals surface area contributed by atoms with Crippen LogP contribution in [0.3, 0.4) is 0 Å². The minimum atomic E-state index is 0.220. The second kappa shape index (κ2) is 16.1. The smallest absolute Gasteiger partial charge is 0.0570 e. The topological polar surface area (TPSA) is 80.9 Å². The van der Waals surface area contributed by atoms with Crippen molar-refractivity contribution in [2.75, 3.05) is 32.7 Å². The van der Waals surface area contributed by atoms with E-state index < -0.39 is 0 Å². The van der Waals surface area contributed by atoms with E-state index in [1.807, 2.05) is 36.7 Å². The van der Waals surface area contributed by atoms with E-state index in [0.717, 1.165) is 70.2 Å². The lowest BCUT2D eigenvalue weighted by Crippen LogP contribution is -2.37. The molecule has 5 aromatic rings. The van der Waals surface area contributed by atoms with Gasteiger partial charge in [-0.15, -0.1) is 0 Å². The largest absolute Gasteiger partial charge is 0.361 e. The Morgan fingerprint density at radius 2 is 1.53 bits per heavy atom. The van der Waals surface area contributed by atoms with Crippen LogP contribution in [0, 0.1) is 6.92 Å². The van der Waals surface area contributed by atoms with Gasteiger partial charge < -0.3 is 20.9 Å². The van der Waals surface area contributed by atoms with Crippen LogP contribution in [0.1, 0.15) is 46.6 Å². The summed E-state index contributed by atoms with van der Waals surface area (Å²) in [7, 11) is 0. The van der Waals surface area contributed by atoms with Crippen molar-refractivity contribution in [2.24, 2.45) is 0 Å². The van der Waals surface area contributed by atoms with Gasteiger partial charge in [-0.25, -0.2) is 0 Å². The molecule has 4 N–H and O–H groups in total. The number of nitrogens with one attached hydrogen (secondary N) is 4. The Labute approximate surface area is 256 Å². The number of aromatic nitrogens is 3. The van der Waals surface area contributed by atoms with Crippen LogP contribution in [0.15, 0.2) is 97.5 Å². The summed E-state index contributed by atoms with van der Waals surface area (Å²) in [5, 5.41) is 12.2. The Morgan fingerprint density at radius 1 is 0.767 bits per heavy atom. The highest BCUT2D eigenvalue weighted by atomic mass is 15.2. The zero-order chi connectivity index (χ0) is 29.7. The normalized spacial score (nSPS) is 12.3. The van der Waals surface area contributed by atoms with E-state index in [-0.39, 0.29) is 6.04 Å². The van der Waals surface area contributed by atoms with Gasteiger partial charge in [0.1, 0.15) is 0 Å². The first-order valence-electron chi connectivity index (χ1n) is 15.5. The summed E-state index contributed by atoms with van der Waals surface area (Å²) in [6.45, 7) is 11.6. The number of aromatic amines is 1. The maximum Gasteiger partial charge on any atom is 0.0570 e. The molecule has 1 atom stereocenters. The lowest BCUT2D eigenvalue weighted by molar-refractivity contribution is 0.260. The third kappa shape index (κ3) is 9.30. The van der Waals surface area contributed by atoms with Crippen LogP contribution in [0.2, 0.25) is 0 Å². The van der Waals surface area contributed by atoms with Gasteiger partial charge in [-0.2, -0.15) is 0 Å². The molecule has 3 heterocycles. The number of benzene rings is 2. The fourth-order valence-corrected chi connectivity index (χ4v) is 5.45. The van der Waals surface area contributed by atoms with Gasteiger partial charge in [-0.05, 0) is 73.3 Å². The molecular weight excluding hydrogens is 530 g/mol. The number of para-hydroxylation sites is 1. The maximum atomic E-state index is 4.50. The highest BCUT2D eigenvalue weighted by Gasteiger charge is 2.10. The average Bonchev–Trinajstić information content (AvgIpc) is 3.47. The quantitative estimate of drug-likeness (QED) is 0.109. The lowest BCUT2D eigenvalue weighted by Gasteiger charge is -2.24. The fourth-order valence-electron chi connectivity index (χ4n) is 5.45. The molecule has 2 aromatic carbocycles. The Bertz CT molecular complexity index is 1500. The first-order chi connectivity index (χ1) is 21.2. The van der Waals surface area contributed by atoms with E-state index in [1.54, 1.807) is 0 Å². The lowest BCUT2D eigenvalue weighted by atomic mass is 10.1. The highest BCUT2D eigenvalue weighted by Crippen LogP contribution is 2.21. The molecule has 1 unspecified atom stereocenters. The molecule has 0 saturated carbocycles. The molecule has 0 aliphatic heterocycles. The van der Waals surface area contributed by atoms with Gasteiger partial charge in [0.05, 0.1) is 11.4 Å². The third-order valence-corrected chi connectivity index (χ3v) is 7.99. The van der Waals surface area contributed by atoms with Gasteiger partial charge in [0.2, 0.25) is 0 Å². The van der Waals surface area contributed by atoms with E-state index in [2.05, 4.69) is 110 Å². The predicted molar refractivity (Wildman–Crippen MR) is 177 cm³/mol. The molecule has 0 bridgehead atoms. The van der Waals surface area contributed by atoms with Gasteiger partial charge in [0.25, 0.3) is 0 Å². The van der Waals surface area contributed by atoms with Gasteiger partial charge >= 0.3 is 0 Å². The van der Waals surface area contributed by atoms with Crippen molar-refractivity contribution in [1.29, 1.82) is 0 Å². The van der Waals surface area contributed by atoms with Gasteiger partial charge in [-0.1, -0.05) is 54.6 Å². The second-order valence-corrected chi connectivity index (χ2v) is 11.3. The Kier molecular flexibility index (Phi) is 11.4. The number of hydrogen-bond donors (Lipinski definition) is 4. The van der Waals surface area contributed by atoms with Gasteiger partial charge in [-0.3, -0.25) is 14.9 Å². The van der Waals surface area contributed by atoms with Gasteiger partial charge in [0, 0.05) is 81.3 Å². The van der Waals surface area contributed by atoms with Crippen molar-refractivity contribution < 1.29 is 0 Å². The number of hydrogen-bond acceptors (Lipinski definition) is 6. The summed E-state index contributed by atoms with van der Waals surface area (Å²) in [4.78, 5) is 14.9. The molecular formula is C36H45N7.